The number of amides is 2. The summed E-state index contributed by atoms with van der Waals surface area (Å²) in [6.45, 7) is 4.87. The van der Waals surface area contributed by atoms with Crippen molar-refractivity contribution in [2.24, 2.45) is 5.16 Å². The van der Waals surface area contributed by atoms with Crippen LogP contribution in [0, 0.1) is 10.5 Å². The highest BCUT2D eigenvalue weighted by molar-refractivity contribution is 14.1. The summed E-state index contributed by atoms with van der Waals surface area (Å²) in [5.41, 5.74) is -2.07. The Hall–Kier alpha value is -2.05. The number of ether oxygens (including phenoxy) is 1. The number of nitrogens with one attached hydrogen (secondary N) is 1. The molecule has 2 amide bonds. The van der Waals surface area contributed by atoms with Gasteiger partial charge >= 0.3 is 12.3 Å². The quantitative estimate of drug-likeness (QED) is 0.380. The predicted molar refractivity (Wildman–Crippen MR) is 129 cm³/mol. The number of rotatable bonds is 4. The van der Waals surface area contributed by atoms with Crippen LogP contribution in [0.15, 0.2) is 35.5 Å². The Labute approximate surface area is 216 Å². The summed E-state index contributed by atoms with van der Waals surface area (Å²) in [5, 5.41) is 5.92. The molecular weight excluding hydrogens is 611 g/mol. The molecule has 3 rings (SSSR count). The Morgan fingerprint density at radius 3 is 2.32 bits per heavy atom. The first kappa shape index (κ1) is 26.6. The molecule has 0 aliphatic carbocycles. The van der Waals surface area contributed by atoms with E-state index in [9.17, 15) is 22.8 Å². The van der Waals surface area contributed by atoms with E-state index in [4.69, 9.17) is 32.8 Å². The highest BCUT2D eigenvalue weighted by Crippen LogP contribution is 2.49. The van der Waals surface area contributed by atoms with E-state index >= 15 is 0 Å². The molecule has 1 unspecified atom stereocenters. The van der Waals surface area contributed by atoms with Crippen LogP contribution in [0.2, 0.25) is 10.0 Å². The third-order valence-electron chi connectivity index (χ3n) is 4.92. The summed E-state index contributed by atoms with van der Waals surface area (Å²) in [5.74, 6) is -0.693. The van der Waals surface area contributed by atoms with Crippen LogP contribution in [0.5, 0.6) is 0 Å². The van der Waals surface area contributed by atoms with Gasteiger partial charge in [-0.25, -0.2) is 4.79 Å². The van der Waals surface area contributed by atoms with Crippen LogP contribution in [0.4, 0.5) is 18.0 Å². The Balaban J connectivity index is 1.93. The Morgan fingerprint density at radius 2 is 1.79 bits per heavy atom. The number of hydrogen-bond donors (Lipinski definition) is 1. The molecule has 0 bridgehead atoms. The summed E-state index contributed by atoms with van der Waals surface area (Å²) < 4.78 is 47.9. The van der Waals surface area contributed by atoms with Gasteiger partial charge in [0.05, 0.1) is 17.4 Å². The molecule has 1 heterocycles. The minimum Gasteiger partial charge on any atom is -0.447 e. The molecule has 1 N–H and O–H groups in total. The number of alkyl halides is 3. The summed E-state index contributed by atoms with van der Waals surface area (Å²) in [7, 11) is 0. The fourth-order valence-corrected chi connectivity index (χ4v) is 4.97. The van der Waals surface area contributed by atoms with Gasteiger partial charge in [0.2, 0.25) is 0 Å². The molecule has 6 nitrogen and oxygen atoms in total. The largest absolute Gasteiger partial charge is 0.447 e. The third-order valence-corrected chi connectivity index (χ3v) is 6.21. The second-order valence-electron chi connectivity index (χ2n) is 7.85. The second-order valence-corrected chi connectivity index (χ2v) is 9.88. The van der Waals surface area contributed by atoms with Crippen molar-refractivity contribution in [1.82, 2.24) is 5.32 Å². The van der Waals surface area contributed by atoms with Crippen LogP contribution in [-0.2, 0) is 15.2 Å². The van der Waals surface area contributed by atoms with E-state index in [1.165, 1.54) is 18.2 Å². The maximum atomic E-state index is 14.2. The Bertz CT molecular complexity index is 1140. The number of oxime groups is 1. The molecule has 0 radical (unpaired) electrons. The first-order valence-electron chi connectivity index (χ1n) is 9.84. The molecule has 2 aromatic carbocycles. The molecule has 1 aliphatic heterocycles. The Kier molecular flexibility index (Phi) is 7.73. The normalized spacial score (nSPS) is 17.9. The van der Waals surface area contributed by atoms with Gasteiger partial charge in [-0.1, -0.05) is 28.4 Å². The lowest BCUT2D eigenvalue weighted by atomic mass is 9.86. The maximum absolute atomic E-state index is 14.2. The lowest BCUT2D eigenvalue weighted by Gasteiger charge is -2.29. The summed E-state index contributed by atoms with van der Waals surface area (Å²) in [6.07, 6.45) is -6.78. The van der Waals surface area contributed by atoms with Crippen molar-refractivity contribution in [2.45, 2.75) is 45.1 Å². The number of alkyl carbamates (subject to hydrolysis) is 1. The number of imide groups is 1. The molecule has 0 fully saturated rings. The standard InChI is InChI=1S/C22H18Cl2F3IN2O4/c1-10(2)33-20(32)29-19(31)18-11(3)4-12(5-16(18)28)17-9-21(34-30-17,22(25,26)27)13-6-14(23)8-15(24)7-13/h4-8,10H,9H2,1-3H3,(H,29,31,32). The molecule has 182 valence electrons. The van der Waals surface area contributed by atoms with Gasteiger partial charge in [0, 0.05) is 31.2 Å². The minimum atomic E-state index is -4.83. The molecule has 0 saturated heterocycles. The molecule has 1 aliphatic rings. The maximum Gasteiger partial charge on any atom is 0.435 e. The monoisotopic (exact) mass is 628 g/mol. The predicted octanol–water partition coefficient (Wildman–Crippen LogP) is 6.76. The fraction of sp³-hybridized carbons (Fsp3) is 0.318. The summed E-state index contributed by atoms with van der Waals surface area (Å²) >= 11 is 13.7. The van der Waals surface area contributed by atoms with E-state index in [1.807, 2.05) is 22.6 Å². The van der Waals surface area contributed by atoms with Crippen molar-refractivity contribution in [2.75, 3.05) is 0 Å². The van der Waals surface area contributed by atoms with Crippen LogP contribution >= 0.6 is 45.8 Å². The van der Waals surface area contributed by atoms with E-state index in [0.717, 1.165) is 12.1 Å². The number of aryl methyl sites for hydroxylation is 1. The van der Waals surface area contributed by atoms with Crippen molar-refractivity contribution in [3.8, 4) is 0 Å². The molecule has 0 spiro atoms. The zero-order chi connectivity index (χ0) is 25.4. The van der Waals surface area contributed by atoms with Crippen LogP contribution < -0.4 is 5.32 Å². The van der Waals surface area contributed by atoms with E-state index in [1.54, 1.807) is 20.8 Å². The second kappa shape index (κ2) is 9.90. The van der Waals surface area contributed by atoms with Crippen molar-refractivity contribution >= 4 is 63.5 Å². The van der Waals surface area contributed by atoms with Gasteiger partial charge in [0.1, 0.15) is 0 Å². The van der Waals surface area contributed by atoms with Crippen LogP contribution in [0.3, 0.4) is 0 Å². The lowest BCUT2D eigenvalue weighted by molar-refractivity contribution is -0.275. The van der Waals surface area contributed by atoms with Crippen LogP contribution in [0.25, 0.3) is 0 Å². The first-order chi connectivity index (χ1) is 15.7. The number of carbonyl (C=O) groups excluding carboxylic acids is 2. The molecule has 1 atom stereocenters. The van der Waals surface area contributed by atoms with Gasteiger partial charge < -0.3 is 9.57 Å². The van der Waals surface area contributed by atoms with Gasteiger partial charge in [-0.3, -0.25) is 10.1 Å². The van der Waals surface area contributed by atoms with Crippen molar-refractivity contribution in [1.29, 1.82) is 0 Å². The fourth-order valence-electron chi connectivity index (χ4n) is 3.44. The summed E-state index contributed by atoms with van der Waals surface area (Å²) in [4.78, 5) is 29.3. The van der Waals surface area contributed by atoms with E-state index in [-0.39, 0.29) is 26.9 Å². The molecule has 2 aromatic rings. The number of nitrogens with zero attached hydrogens (tertiary/aromatic N) is 1. The van der Waals surface area contributed by atoms with E-state index < -0.39 is 36.3 Å². The van der Waals surface area contributed by atoms with Crippen molar-refractivity contribution in [3.05, 3.63) is 66.2 Å². The van der Waals surface area contributed by atoms with Gasteiger partial charge in [-0.2, -0.15) is 13.2 Å². The summed E-state index contributed by atoms with van der Waals surface area (Å²) in [6, 6.07) is 6.59. The lowest BCUT2D eigenvalue weighted by Crippen LogP contribution is -2.42. The molecule has 34 heavy (non-hydrogen) atoms. The highest BCUT2D eigenvalue weighted by Gasteiger charge is 2.62. The zero-order valence-electron chi connectivity index (χ0n) is 18.0. The minimum absolute atomic E-state index is 0.0277. The van der Waals surface area contributed by atoms with Crippen LogP contribution in [-0.4, -0.2) is 30.0 Å². The Morgan fingerprint density at radius 1 is 1.18 bits per heavy atom. The van der Waals surface area contributed by atoms with Gasteiger partial charge in [-0.15, -0.1) is 0 Å². The average Bonchev–Trinajstić information content (AvgIpc) is 3.12. The van der Waals surface area contributed by atoms with Crippen molar-refractivity contribution in [3.63, 3.8) is 0 Å². The third kappa shape index (κ3) is 5.44. The molecular formula is C22H18Cl2F3IN2O4. The average molecular weight is 629 g/mol. The van der Waals surface area contributed by atoms with Gasteiger partial charge in [0.25, 0.3) is 11.5 Å². The topological polar surface area (TPSA) is 77.0 Å². The molecule has 0 saturated carbocycles. The smallest absolute Gasteiger partial charge is 0.435 e. The molecule has 0 aromatic heterocycles. The van der Waals surface area contributed by atoms with Crippen molar-refractivity contribution < 1.29 is 32.3 Å². The SMILES string of the molecule is Cc1cc(C2=NOC(c3cc(Cl)cc(Cl)c3)(C(F)(F)F)C2)cc(I)c1C(=O)NC(=O)OC(C)C. The highest BCUT2D eigenvalue weighted by atomic mass is 127. The van der Waals surface area contributed by atoms with E-state index in [0.29, 0.717) is 14.7 Å². The molecule has 12 heteroatoms. The number of carbonyl (C=O) groups is 2. The van der Waals surface area contributed by atoms with E-state index in [2.05, 4.69) is 10.5 Å². The number of benzene rings is 2. The number of halogens is 6. The number of hydrogen-bond acceptors (Lipinski definition) is 5. The van der Waals surface area contributed by atoms with Gasteiger partial charge in [0.15, 0.2) is 0 Å². The zero-order valence-corrected chi connectivity index (χ0v) is 21.7. The van der Waals surface area contributed by atoms with Crippen LogP contribution in [0.1, 0.15) is 47.3 Å². The van der Waals surface area contributed by atoms with Gasteiger partial charge in [-0.05, 0) is 79.3 Å². The first-order valence-corrected chi connectivity index (χ1v) is 11.7.